The van der Waals surface area contributed by atoms with Crippen LogP contribution in [0.2, 0.25) is 0 Å². The number of nitrogens with one attached hydrogen (secondary N) is 1. The van der Waals surface area contributed by atoms with Crippen molar-refractivity contribution in [2.75, 3.05) is 39.6 Å². The second-order valence-electron chi connectivity index (χ2n) is 9.72. The lowest BCUT2D eigenvalue weighted by atomic mass is 10.1. The molecule has 4 aromatic rings. The van der Waals surface area contributed by atoms with Crippen molar-refractivity contribution in [1.82, 2.24) is 19.4 Å². The highest BCUT2D eigenvalue weighted by molar-refractivity contribution is 5.90. The number of carbonyl (C=O) groups excluding carboxylic acids is 1. The Bertz CT molecular complexity index is 1570. The first-order valence-electron chi connectivity index (χ1n) is 13.1. The van der Waals surface area contributed by atoms with Crippen molar-refractivity contribution >= 4 is 22.6 Å². The van der Waals surface area contributed by atoms with Crippen LogP contribution in [0.4, 0.5) is 23.7 Å². The number of aromatic nitrogens is 2. The quantitative estimate of drug-likeness (QED) is 0.270. The Labute approximate surface area is 236 Å². The molecule has 1 unspecified atom stereocenters. The summed E-state index contributed by atoms with van der Waals surface area (Å²) in [5.41, 5.74) is -0.671. The van der Waals surface area contributed by atoms with Gasteiger partial charge in [-0.05, 0) is 69.0 Å². The maximum Gasteiger partial charge on any atom is 0.418 e. The second kappa shape index (κ2) is 12.4. The molecular weight excluding hydrogens is 535 g/mol. The SMILES string of the molecule is CCC(c1nc2ccccc2c(=O)n1-c1ccc(OC)cc1)N(CCN(C)C)C(=O)Nc1ccccc1C(F)(F)F. The fourth-order valence-electron chi connectivity index (χ4n) is 4.63. The third-order valence-electron chi connectivity index (χ3n) is 6.72. The number of alkyl halides is 3. The minimum atomic E-state index is -4.66. The number of methoxy groups -OCH3 is 1. The summed E-state index contributed by atoms with van der Waals surface area (Å²) < 4.78 is 47.8. The van der Waals surface area contributed by atoms with Crippen LogP contribution in [-0.2, 0) is 6.18 Å². The van der Waals surface area contributed by atoms with Gasteiger partial charge in [0.15, 0.2) is 0 Å². The van der Waals surface area contributed by atoms with Crippen LogP contribution >= 0.6 is 0 Å². The van der Waals surface area contributed by atoms with E-state index >= 15 is 0 Å². The van der Waals surface area contributed by atoms with Crippen LogP contribution in [0.3, 0.4) is 0 Å². The number of nitrogens with zero attached hydrogens (tertiary/aromatic N) is 4. The summed E-state index contributed by atoms with van der Waals surface area (Å²) in [7, 11) is 5.20. The monoisotopic (exact) mass is 567 g/mol. The van der Waals surface area contributed by atoms with Crippen LogP contribution in [0, 0.1) is 0 Å². The van der Waals surface area contributed by atoms with Gasteiger partial charge in [0.05, 0.1) is 41.0 Å². The lowest BCUT2D eigenvalue weighted by Gasteiger charge is -2.33. The van der Waals surface area contributed by atoms with E-state index in [1.54, 1.807) is 48.5 Å². The molecule has 0 bridgehead atoms. The van der Waals surface area contributed by atoms with E-state index in [-0.39, 0.29) is 17.8 Å². The number of carbonyl (C=O) groups is 1. The van der Waals surface area contributed by atoms with E-state index in [9.17, 15) is 22.8 Å². The zero-order valence-electron chi connectivity index (χ0n) is 23.3. The van der Waals surface area contributed by atoms with Gasteiger partial charge in [-0.15, -0.1) is 0 Å². The number of fused-ring (bicyclic) bond motifs is 1. The first-order valence-corrected chi connectivity index (χ1v) is 13.1. The molecule has 3 aromatic carbocycles. The molecule has 0 aliphatic rings. The van der Waals surface area contributed by atoms with E-state index in [0.717, 1.165) is 6.07 Å². The molecule has 1 heterocycles. The number of rotatable bonds is 9. The zero-order chi connectivity index (χ0) is 29.7. The van der Waals surface area contributed by atoms with Gasteiger partial charge in [0.1, 0.15) is 11.6 Å². The molecule has 0 saturated heterocycles. The molecule has 11 heteroatoms. The minimum absolute atomic E-state index is 0.164. The molecule has 0 aliphatic heterocycles. The number of hydrogen-bond acceptors (Lipinski definition) is 5. The molecule has 8 nitrogen and oxygen atoms in total. The van der Waals surface area contributed by atoms with Gasteiger partial charge < -0.3 is 19.9 Å². The van der Waals surface area contributed by atoms with Gasteiger partial charge in [0, 0.05) is 13.1 Å². The Morgan fingerprint density at radius 3 is 2.29 bits per heavy atom. The van der Waals surface area contributed by atoms with Crippen molar-refractivity contribution in [3.63, 3.8) is 0 Å². The molecule has 0 aliphatic carbocycles. The highest BCUT2D eigenvalue weighted by Gasteiger charge is 2.35. The molecule has 41 heavy (non-hydrogen) atoms. The van der Waals surface area contributed by atoms with Crippen molar-refractivity contribution in [3.8, 4) is 11.4 Å². The first kappa shape index (κ1) is 29.6. The predicted molar refractivity (Wildman–Crippen MR) is 153 cm³/mol. The molecule has 0 fully saturated rings. The molecular formula is C30H32F3N5O3. The fourth-order valence-corrected chi connectivity index (χ4v) is 4.63. The number of hydrogen-bond donors (Lipinski definition) is 1. The number of benzene rings is 3. The van der Waals surface area contributed by atoms with E-state index in [1.165, 1.54) is 34.8 Å². The second-order valence-corrected chi connectivity index (χ2v) is 9.72. The van der Waals surface area contributed by atoms with Crippen molar-refractivity contribution < 1.29 is 22.7 Å². The van der Waals surface area contributed by atoms with Gasteiger partial charge >= 0.3 is 12.2 Å². The number of urea groups is 1. The number of para-hydroxylation sites is 2. The Kier molecular flexibility index (Phi) is 8.97. The minimum Gasteiger partial charge on any atom is -0.497 e. The molecule has 2 amide bonds. The summed E-state index contributed by atoms with van der Waals surface area (Å²) in [6.45, 7) is 2.42. The molecule has 0 spiro atoms. The molecule has 1 atom stereocenters. The zero-order valence-corrected chi connectivity index (χ0v) is 23.3. The molecule has 1 aromatic heterocycles. The van der Waals surface area contributed by atoms with Crippen LogP contribution in [-0.4, -0.2) is 59.7 Å². The Hall–Kier alpha value is -4.38. The average Bonchev–Trinajstić information content (AvgIpc) is 2.95. The standard InChI is InChI=1S/C30H32F3N5O3/c1-5-26(37(19-18-36(2)3)29(40)35-25-13-9-7-11-23(25)30(31,32)33)27-34-24-12-8-6-10-22(24)28(39)38(27)20-14-16-21(41-4)17-15-20/h6-17,26H,5,18-19H2,1-4H3,(H,35,40). The Morgan fingerprint density at radius 1 is 1.00 bits per heavy atom. The Balaban J connectivity index is 1.87. The summed E-state index contributed by atoms with van der Waals surface area (Å²) in [5.74, 6) is 0.888. The summed E-state index contributed by atoms with van der Waals surface area (Å²) in [4.78, 5) is 35.8. The van der Waals surface area contributed by atoms with Gasteiger partial charge in [-0.2, -0.15) is 13.2 Å². The van der Waals surface area contributed by atoms with E-state index in [4.69, 9.17) is 9.72 Å². The van der Waals surface area contributed by atoms with Crippen molar-refractivity contribution in [2.45, 2.75) is 25.6 Å². The van der Waals surface area contributed by atoms with Crippen LogP contribution < -0.4 is 15.6 Å². The van der Waals surface area contributed by atoms with E-state index in [2.05, 4.69) is 5.32 Å². The summed E-state index contributed by atoms with van der Waals surface area (Å²) in [5, 5.41) is 2.86. The lowest BCUT2D eigenvalue weighted by Crippen LogP contribution is -2.44. The first-order chi connectivity index (χ1) is 19.5. The van der Waals surface area contributed by atoms with E-state index in [1.807, 2.05) is 25.9 Å². The van der Waals surface area contributed by atoms with Crippen molar-refractivity contribution in [1.29, 1.82) is 0 Å². The molecule has 4 rings (SSSR count). The summed E-state index contributed by atoms with van der Waals surface area (Å²) >= 11 is 0. The average molecular weight is 568 g/mol. The Morgan fingerprint density at radius 2 is 1.66 bits per heavy atom. The van der Waals surface area contributed by atoms with Gasteiger partial charge in [-0.1, -0.05) is 31.2 Å². The van der Waals surface area contributed by atoms with Crippen LogP contribution in [0.5, 0.6) is 5.75 Å². The molecule has 216 valence electrons. The van der Waals surface area contributed by atoms with Crippen LogP contribution in [0.15, 0.2) is 77.6 Å². The fraction of sp³-hybridized carbons (Fsp3) is 0.300. The lowest BCUT2D eigenvalue weighted by molar-refractivity contribution is -0.136. The van der Waals surface area contributed by atoms with Gasteiger partial charge in [0.25, 0.3) is 5.56 Å². The van der Waals surface area contributed by atoms with Crippen LogP contribution in [0.1, 0.15) is 30.8 Å². The van der Waals surface area contributed by atoms with Crippen molar-refractivity contribution in [2.24, 2.45) is 0 Å². The molecule has 1 N–H and O–H groups in total. The number of amides is 2. The molecule has 0 radical (unpaired) electrons. The van der Waals surface area contributed by atoms with E-state index in [0.29, 0.717) is 41.1 Å². The number of ether oxygens (including phenoxy) is 1. The molecule has 0 saturated carbocycles. The smallest absolute Gasteiger partial charge is 0.418 e. The summed E-state index contributed by atoms with van der Waals surface area (Å²) in [6.07, 6.45) is -4.32. The van der Waals surface area contributed by atoms with Gasteiger partial charge in [0.2, 0.25) is 0 Å². The third kappa shape index (κ3) is 6.51. The summed E-state index contributed by atoms with van der Waals surface area (Å²) in [6, 6.07) is 17.1. The normalized spacial score (nSPS) is 12.4. The maximum absolute atomic E-state index is 13.9. The van der Waals surface area contributed by atoms with Crippen molar-refractivity contribution in [3.05, 3.63) is 94.5 Å². The number of anilines is 1. The number of halogens is 3. The number of likely N-dealkylation sites (N-methyl/N-ethyl adjacent to an activating group) is 1. The van der Waals surface area contributed by atoms with Crippen LogP contribution in [0.25, 0.3) is 16.6 Å². The highest BCUT2D eigenvalue weighted by atomic mass is 19.4. The topological polar surface area (TPSA) is 79.7 Å². The maximum atomic E-state index is 13.9. The van der Waals surface area contributed by atoms with E-state index < -0.39 is 23.8 Å². The third-order valence-corrected chi connectivity index (χ3v) is 6.72. The predicted octanol–water partition coefficient (Wildman–Crippen LogP) is 5.96. The van der Waals surface area contributed by atoms with Gasteiger partial charge in [-0.25, -0.2) is 9.78 Å². The van der Waals surface area contributed by atoms with Gasteiger partial charge in [-0.3, -0.25) is 9.36 Å². The largest absolute Gasteiger partial charge is 0.497 e. The highest BCUT2D eigenvalue weighted by Crippen LogP contribution is 2.35.